The number of fused-ring (bicyclic) bond motifs is 1. The van der Waals surface area contributed by atoms with E-state index in [1.54, 1.807) is 0 Å². The molecule has 0 radical (unpaired) electrons. The molecule has 19 heavy (non-hydrogen) atoms. The van der Waals surface area contributed by atoms with Gasteiger partial charge in [-0.15, -0.1) is 0 Å². The van der Waals surface area contributed by atoms with Crippen molar-refractivity contribution >= 4 is 0 Å². The highest BCUT2D eigenvalue weighted by molar-refractivity contribution is 5.07. The summed E-state index contributed by atoms with van der Waals surface area (Å²) in [5.74, 6) is 1.03. The summed E-state index contributed by atoms with van der Waals surface area (Å²) < 4.78 is 1.91. The topological polar surface area (TPSA) is 24.3 Å². The Hall–Kier alpha value is -0.870. The van der Waals surface area contributed by atoms with E-state index >= 15 is 0 Å². The molecule has 0 N–H and O–H groups in total. The summed E-state index contributed by atoms with van der Waals surface area (Å²) in [6.45, 7) is 5.06. The summed E-state index contributed by atoms with van der Waals surface area (Å²) in [6, 6.07) is 1.65. The van der Waals surface area contributed by atoms with E-state index in [4.69, 9.17) is 0 Å². The number of likely N-dealkylation sites (tertiary alicyclic amines) is 2. The van der Waals surface area contributed by atoms with Crippen LogP contribution in [0.2, 0.25) is 0 Å². The van der Waals surface area contributed by atoms with E-state index in [0.29, 0.717) is 0 Å². The highest BCUT2D eigenvalue weighted by Gasteiger charge is 2.43. The molecular formula is C15H24N4. The Morgan fingerprint density at radius 1 is 1.11 bits per heavy atom. The normalized spacial score (nSPS) is 32.1. The van der Waals surface area contributed by atoms with Gasteiger partial charge in [0.25, 0.3) is 0 Å². The Morgan fingerprint density at radius 3 is 2.53 bits per heavy atom. The zero-order chi connectivity index (χ0) is 12.8. The Kier molecular flexibility index (Phi) is 2.88. The molecule has 0 amide bonds. The maximum atomic E-state index is 4.29. The molecule has 3 aliphatic rings. The van der Waals surface area contributed by atoms with E-state index in [1.807, 2.05) is 17.9 Å². The van der Waals surface area contributed by atoms with Crippen LogP contribution in [0.3, 0.4) is 0 Å². The van der Waals surface area contributed by atoms with Crippen LogP contribution in [-0.2, 0) is 13.6 Å². The van der Waals surface area contributed by atoms with E-state index in [9.17, 15) is 0 Å². The zero-order valence-electron chi connectivity index (χ0n) is 11.8. The zero-order valence-corrected chi connectivity index (χ0v) is 11.8. The average molecular weight is 260 g/mol. The van der Waals surface area contributed by atoms with Crippen molar-refractivity contribution in [1.29, 1.82) is 0 Å². The van der Waals surface area contributed by atoms with Crippen LogP contribution >= 0.6 is 0 Å². The smallest absolute Gasteiger partial charge is 0.0534 e. The van der Waals surface area contributed by atoms with Gasteiger partial charge in [-0.1, -0.05) is 0 Å². The number of hydrogen-bond donors (Lipinski definition) is 0. The van der Waals surface area contributed by atoms with E-state index in [1.165, 1.54) is 50.9 Å². The van der Waals surface area contributed by atoms with Gasteiger partial charge in [0.15, 0.2) is 0 Å². The molecule has 0 spiro atoms. The molecule has 4 heteroatoms. The van der Waals surface area contributed by atoms with Gasteiger partial charge in [-0.2, -0.15) is 5.10 Å². The summed E-state index contributed by atoms with van der Waals surface area (Å²) in [6.07, 6.45) is 9.88. The van der Waals surface area contributed by atoms with Gasteiger partial charge >= 0.3 is 0 Å². The van der Waals surface area contributed by atoms with Crippen molar-refractivity contribution in [1.82, 2.24) is 19.6 Å². The van der Waals surface area contributed by atoms with Crippen LogP contribution in [0.5, 0.6) is 0 Å². The molecule has 1 aromatic rings. The molecule has 1 saturated carbocycles. The monoisotopic (exact) mass is 260 g/mol. The first kappa shape index (κ1) is 11.9. The van der Waals surface area contributed by atoms with Crippen molar-refractivity contribution in [3.63, 3.8) is 0 Å². The van der Waals surface area contributed by atoms with Crippen LogP contribution in [0.4, 0.5) is 0 Å². The maximum Gasteiger partial charge on any atom is 0.0534 e. The number of nitrogens with zero attached hydrogens (tertiary/aromatic N) is 4. The minimum atomic E-state index is 0.805. The molecule has 2 saturated heterocycles. The molecule has 1 aliphatic carbocycles. The fourth-order valence-corrected chi connectivity index (χ4v) is 4.01. The van der Waals surface area contributed by atoms with E-state index in [2.05, 4.69) is 21.1 Å². The van der Waals surface area contributed by atoms with E-state index in [0.717, 1.165) is 24.5 Å². The summed E-state index contributed by atoms with van der Waals surface area (Å²) in [7, 11) is 2.00. The lowest BCUT2D eigenvalue weighted by atomic mass is 10.1. The Labute approximate surface area is 115 Å². The van der Waals surface area contributed by atoms with Crippen LogP contribution in [0.25, 0.3) is 0 Å². The highest BCUT2D eigenvalue weighted by atomic mass is 15.3. The summed E-state index contributed by atoms with van der Waals surface area (Å²) in [4.78, 5) is 5.47. The molecule has 0 unspecified atom stereocenters. The van der Waals surface area contributed by atoms with Crippen molar-refractivity contribution in [3.05, 3.63) is 18.0 Å². The van der Waals surface area contributed by atoms with Crippen molar-refractivity contribution in [2.45, 2.75) is 44.3 Å². The second kappa shape index (κ2) is 4.60. The summed E-state index contributed by atoms with van der Waals surface area (Å²) >= 11 is 0. The number of aryl methyl sites for hydroxylation is 1. The van der Waals surface area contributed by atoms with Crippen molar-refractivity contribution < 1.29 is 0 Å². The lowest BCUT2D eigenvalue weighted by molar-refractivity contribution is 0.212. The van der Waals surface area contributed by atoms with Crippen molar-refractivity contribution in [2.24, 2.45) is 13.0 Å². The molecule has 4 rings (SSSR count). The first-order valence-corrected chi connectivity index (χ1v) is 7.75. The van der Waals surface area contributed by atoms with Gasteiger partial charge in [-0.25, -0.2) is 0 Å². The molecule has 0 aromatic carbocycles. The fourth-order valence-electron chi connectivity index (χ4n) is 4.01. The molecule has 104 valence electrons. The first-order valence-electron chi connectivity index (χ1n) is 7.75. The fraction of sp³-hybridized carbons (Fsp3) is 0.800. The molecule has 2 aliphatic heterocycles. The number of hydrogen-bond acceptors (Lipinski definition) is 3. The predicted molar refractivity (Wildman–Crippen MR) is 74.7 cm³/mol. The average Bonchev–Trinajstić information content (AvgIpc) is 2.80. The molecule has 1 aromatic heterocycles. The van der Waals surface area contributed by atoms with Gasteiger partial charge in [0, 0.05) is 57.1 Å². The van der Waals surface area contributed by atoms with Gasteiger partial charge < -0.3 is 0 Å². The molecule has 3 fully saturated rings. The maximum absolute atomic E-state index is 4.29. The van der Waals surface area contributed by atoms with Crippen molar-refractivity contribution in [2.75, 3.05) is 19.6 Å². The highest BCUT2D eigenvalue weighted by Crippen LogP contribution is 2.37. The number of aromatic nitrogens is 2. The van der Waals surface area contributed by atoms with Crippen LogP contribution in [-0.4, -0.2) is 51.3 Å². The van der Waals surface area contributed by atoms with Gasteiger partial charge in [0.1, 0.15) is 0 Å². The van der Waals surface area contributed by atoms with Gasteiger partial charge in [0.2, 0.25) is 0 Å². The minimum Gasteiger partial charge on any atom is -0.298 e. The minimum absolute atomic E-state index is 0.805. The third kappa shape index (κ3) is 2.32. The quantitative estimate of drug-likeness (QED) is 0.819. The Morgan fingerprint density at radius 2 is 1.84 bits per heavy atom. The van der Waals surface area contributed by atoms with E-state index < -0.39 is 0 Å². The molecule has 3 heterocycles. The summed E-state index contributed by atoms with van der Waals surface area (Å²) in [5.41, 5.74) is 1.36. The van der Waals surface area contributed by atoms with Crippen LogP contribution in [0.1, 0.15) is 31.2 Å². The van der Waals surface area contributed by atoms with E-state index in [-0.39, 0.29) is 0 Å². The van der Waals surface area contributed by atoms with Crippen LogP contribution in [0.15, 0.2) is 12.4 Å². The lowest BCUT2D eigenvalue weighted by Gasteiger charge is -2.25. The third-order valence-electron chi connectivity index (χ3n) is 5.14. The second-order valence-corrected chi connectivity index (χ2v) is 6.64. The van der Waals surface area contributed by atoms with Crippen LogP contribution in [0, 0.1) is 5.92 Å². The molecule has 4 nitrogen and oxygen atoms in total. The molecular weight excluding hydrogens is 236 g/mol. The predicted octanol–water partition coefficient (Wildman–Crippen LogP) is 1.48. The second-order valence-electron chi connectivity index (χ2n) is 6.64. The Bertz CT molecular complexity index is 451. The third-order valence-corrected chi connectivity index (χ3v) is 5.14. The lowest BCUT2D eigenvalue weighted by Crippen LogP contribution is -2.37. The van der Waals surface area contributed by atoms with Crippen LogP contribution < -0.4 is 0 Å². The largest absolute Gasteiger partial charge is 0.298 e. The van der Waals surface area contributed by atoms with Gasteiger partial charge in [0.05, 0.1) is 6.20 Å². The summed E-state index contributed by atoms with van der Waals surface area (Å²) in [5, 5.41) is 4.29. The number of rotatable bonds is 4. The molecule has 2 atom stereocenters. The standard InChI is InChI=1S/C15H24N4/c1-17-9-13(8-16-17)11-19-7-5-14-15(19)4-6-18(14)10-12-2-3-12/h8-9,12,14-15H,2-7,10-11H2,1H3/t14-,15+/m0/s1. The Balaban J connectivity index is 1.40. The van der Waals surface area contributed by atoms with Gasteiger partial charge in [-0.3, -0.25) is 14.5 Å². The van der Waals surface area contributed by atoms with Crippen molar-refractivity contribution in [3.8, 4) is 0 Å². The SMILES string of the molecule is Cn1cc(CN2CC[C@H]3[C@H]2CCN3CC2CC2)cn1. The van der Waals surface area contributed by atoms with Gasteiger partial charge in [-0.05, 0) is 31.6 Å². The first-order chi connectivity index (χ1) is 9.29. The molecule has 0 bridgehead atoms.